The molecule has 3 nitrogen and oxygen atoms in total. The van der Waals surface area contributed by atoms with E-state index in [2.05, 4.69) is 38.7 Å². The number of para-hydroxylation sites is 2. The number of imidazole rings is 1. The minimum Gasteiger partial charge on any atom is -0.331 e. The lowest BCUT2D eigenvalue weighted by Crippen LogP contribution is -2.29. The Morgan fingerprint density at radius 1 is 0.900 bits per heavy atom. The Hall–Kier alpha value is -1.35. The van der Waals surface area contributed by atoms with Gasteiger partial charge in [0.25, 0.3) is 0 Å². The molecule has 0 atom stereocenters. The van der Waals surface area contributed by atoms with E-state index in [4.69, 9.17) is 0 Å². The largest absolute Gasteiger partial charge is 0.331 e. The van der Waals surface area contributed by atoms with E-state index in [0.29, 0.717) is 0 Å². The van der Waals surface area contributed by atoms with Crippen LogP contribution in [-0.2, 0) is 6.54 Å². The van der Waals surface area contributed by atoms with Gasteiger partial charge in [-0.15, -0.1) is 0 Å². The van der Waals surface area contributed by atoms with Crippen molar-refractivity contribution in [2.75, 3.05) is 19.6 Å². The first-order chi connectivity index (χ1) is 9.93. The van der Waals surface area contributed by atoms with E-state index in [9.17, 15) is 0 Å². The topological polar surface area (TPSA) is 21.1 Å². The molecule has 108 valence electrons. The van der Waals surface area contributed by atoms with Crippen molar-refractivity contribution < 1.29 is 0 Å². The van der Waals surface area contributed by atoms with Crippen LogP contribution in [0.1, 0.15) is 38.5 Å². The molecular weight excluding hydrogens is 246 g/mol. The van der Waals surface area contributed by atoms with Crippen LogP contribution in [-0.4, -0.2) is 34.1 Å². The van der Waals surface area contributed by atoms with Crippen LogP contribution in [0.25, 0.3) is 11.0 Å². The zero-order valence-corrected chi connectivity index (χ0v) is 12.3. The summed E-state index contributed by atoms with van der Waals surface area (Å²) in [4.78, 5) is 7.11. The number of aromatic nitrogens is 2. The monoisotopic (exact) mass is 271 g/mol. The fourth-order valence-corrected chi connectivity index (χ4v) is 3.19. The molecule has 20 heavy (non-hydrogen) atoms. The Kier molecular flexibility index (Phi) is 4.69. The molecule has 0 N–H and O–H groups in total. The molecule has 1 saturated heterocycles. The summed E-state index contributed by atoms with van der Waals surface area (Å²) in [5.41, 5.74) is 2.37. The summed E-state index contributed by atoms with van der Waals surface area (Å²) in [7, 11) is 0. The number of rotatable bonds is 4. The van der Waals surface area contributed by atoms with E-state index in [-0.39, 0.29) is 0 Å². The highest BCUT2D eigenvalue weighted by molar-refractivity contribution is 5.74. The zero-order valence-electron chi connectivity index (χ0n) is 12.3. The van der Waals surface area contributed by atoms with Crippen molar-refractivity contribution in [3.8, 4) is 0 Å². The molecule has 3 rings (SSSR count). The Morgan fingerprint density at radius 3 is 2.50 bits per heavy atom. The highest BCUT2D eigenvalue weighted by Crippen LogP contribution is 2.13. The number of hydrogen-bond donors (Lipinski definition) is 0. The number of hydrogen-bond acceptors (Lipinski definition) is 2. The molecule has 1 aliphatic rings. The summed E-state index contributed by atoms with van der Waals surface area (Å²) >= 11 is 0. The average molecular weight is 271 g/mol. The van der Waals surface area contributed by atoms with Gasteiger partial charge in [-0.1, -0.05) is 31.4 Å². The van der Waals surface area contributed by atoms with Gasteiger partial charge in [0.15, 0.2) is 0 Å². The second kappa shape index (κ2) is 6.89. The van der Waals surface area contributed by atoms with Crippen LogP contribution in [0.2, 0.25) is 0 Å². The lowest BCUT2D eigenvalue weighted by atomic mass is 10.1. The van der Waals surface area contributed by atoms with Gasteiger partial charge in [0.05, 0.1) is 17.4 Å². The maximum Gasteiger partial charge on any atom is 0.0958 e. The zero-order chi connectivity index (χ0) is 13.6. The number of fused-ring (bicyclic) bond motifs is 1. The van der Waals surface area contributed by atoms with Gasteiger partial charge in [-0.2, -0.15) is 0 Å². The van der Waals surface area contributed by atoms with Crippen molar-refractivity contribution in [2.24, 2.45) is 0 Å². The summed E-state index contributed by atoms with van der Waals surface area (Å²) in [6.07, 6.45) is 10.3. The van der Waals surface area contributed by atoms with Crippen LogP contribution in [0, 0.1) is 0 Å². The lowest BCUT2D eigenvalue weighted by molar-refractivity contribution is 0.241. The van der Waals surface area contributed by atoms with Crippen molar-refractivity contribution in [1.29, 1.82) is 0 Å². The standard InChI is InChI=1S/C17H25N3/c1-2-6-11-19(12-7-3-1)13-8-14-20-15-18-16-9-4-5-10-17(16)20/h4-5,9-10,15H,1-3,6-8,11-14H2. The fourth-order valence-electron chi connectivity index (χ4n) is 3.19. The predicted molar refractivity (Wildman–Crippen MR) is 83.9 cm³/mol. The SMILES string of the molecule is c1ccc2c(c1)ncn2CCCN1CCCCCCC1. The van der Waals surface area contributed by atoms with E-state index >= 15 is 0 Å². The molecule has 3 heteroatoms. The molecule has 0 bridgehead atoms. The lowest BCUT2D eigenvalue weighted by Gasteiger charge is -2.24. The van der Waals surface area contributed by atoms with E-state index in [1.54, 1.807) is 0 Å². The van der Waals surface area contributed by atoms with Gasteiger partial charge in [0.2, 0.25) is 0 Å². The molecule has 0 radical (unpaired) electrons. The highest BCUT2D eigenvalue weighted by Gasteiger charge is 2.08. The Bertz CT molecular complexity index is 524. The van der Waals surface area contributed by atoms with Gasteiger partial charge in [-0.3, -0.25) is 0 Å². The third-order valence-electron chi connectivity index (χ3n) is 4.35. The smallest absolute Gasteiger partial charge is 0.0958 e. The van der Waals surface area contributed by atoms with Crippen molar-refractivity contribution in [3.05, 3.63) is 30.6 Å². The van der Waals surface area contributed by atoms with Gasteiger partial charge < -0.3 is 9.47 Å². The minimum atomic E-state index is 1.08. The summed E-state index contributed by atoms with van der Waals surface area (Å²) < 4.78 is 2.29. The highest BCUT2D eigenvalue weighted by atomic mass is 15.1. The average Bonchev–Trinajstić information content (AvgIpc) is 2.84. The minimum absolute atomic E-state index is 1.08. The number of benzene rings is 1. The van der Waals surface area contributed by atoms with Crippen LogP contribution >= 0.6 is 0 Å². The molecule has 0 saturated carbocycles. The molecule has 2 heterocycles. The molecule has 0 unspecified atom stereocenters. The third kappa shape index (κ3) is 3.40. The maximum absolute atomic E-state index is 4.46. The van der Waals surface area contributed by atoms with Crippen LogP contribution in [0.3, 0.4) is 0 Å². The first-order valence-electron chi connectivity index (χ1n) is 8.06. The molecule has 0 aliphatic carbocycles. The molecule has 1 aromatic carbocycles. The maximum atomic E-state index is 4.46. The van der Waals surface area contributed by atoms with E-state index in [1.807, 2.05) is 6.33 Å². The molecule has 1 fully saturated rings. The predicted octanol–water partition coefficient (Wildman–Crippen LogP) is 3.69. The Morgan fingerprint density at radius 2 is 1.65 bits per heavy atom. The van der Waals surface area contributed by atoms with E-state index in [1.165, 1.54) is 63.7 Å². The summed E-state index contributed by atoms with van der Waals surface area (Å²) in [6.45, 7) is 4.90. The van der Waals surface area contributed by atoms with Crippen molar-refractivity contribution in [3.63, 3.8) is 0 Å². The molecule has 1 aliphatic heterocycles. The second-order valence-electron chi connectivity index (χ2n) is 5.89. The van der Waals surface area contributed by atoms with Gasteiger partial charge in [0.1, 0.15) is 0 Å². The van der Waals surface area contributed by atoms with Crippen molar-refractivity contribution >= 4 is 11.0 Å². The van der Waals surface area contributed by atoms with Crippen molar-refractivity contribution in [1.82, 2.24) is 14.5 Å². The van der Waals surface area contributed by atoms with Crippen LogP contribution in [0.15, 0.2) is 30.6 Å². The molecule has 2 aromatic rings. The molecule has 0 spiro atoms. The van der Waals surface area contributed by atoms with Crippen LogP contribution in [0.4, 0.5) is 0 Å². The summed E-state index contributed by atoms with van der Waals surface area (Å²) in [6, 6.07) is 8.40. The quantitative estimate of drug-likeness (QED) is 0.845. The first-order valence-corrected chi connectivity index (χ1v) is 8.06. The second-order valence-corrected chi connectivity index (χ2v) is 5.89. The van der Waals surface area contributed by atoms with E-state index < -0.39 is 0 Å². The van der Waals surface area contributed by atoms with Crippen LogP contribution in [0.5, 0.6) is 0 Å². The van der Waals surface area contributed by atoms with Gasteiger partial charge >= 0.3 is 0 Å². The van der Waals surface area contributed by atoms with Crippen molar-refractivity contribution in [2.45, 2.75) is 45.1 Å². The first kappa shape index (κ1) is 13.6. The van der Waals surface area contributed by atoms with Gasteiger partial charge in [-0.05, 0) is 51.0 Å². The fraction of sp³-hybridized carbons (Fsp3) is 0.588. The number of likely N-dealkylation sites (tertiary alicyclic amines) is 1. The normalized spacial score (nSPS) is 18.0. The summed E-state index contributed by atoms with van der Waals surface area (Å²) in [5, 5.41) is 0. The van der Waals surface area contributed by atoms with Gasteiger partial charge in [0, 0.05) is 6.54 Å². The summed E-state index contributed by atoms with van der Waals surface area (Å²) in [5.74, 6) is 0. The Balaban J connectivity index is 1.51. The number of aryl methyl sites for hydroxylation is 1. The van der Waals surface area contributed by atoms with E-state index in [0.717, 1.165) is 12.1 Å². The Labute approximate surface area is 121 Å². The molecule has 0 amide bonds. The van der Waals surface area contributed by atoms with Gasteiger partial charge in [-0.25, -0.2) is 4.98 Å². The third-order valence-corrected chi connectivity index (χ3v) is 4.35. The van der Waals surface area contributed by atoms with Crippen LogP contribution < -0.4 is 0 Å². The molecular formula is C17H25N3. The molecule has 1 aromatic heterocycles. The number of nitrogens with zero attached hydrogens (tertiary/aromatic N) is 3.